The van der Waals surface area contributed by atoms with Crippen LogP contribution in [-0.2, 0) is 5.75 Å². The molecule has 2 aromatic rings. The molecule has 0 saturated heterocycles. The third-order valence-electron chi connectivity index (χ3n) is 2.13. The van der Waals surface area contributed by atoms with Crippen molar-refractivity contribution in [1.29, 1.82) is 0 Å². The smallest absolute Gasteiger partial charge is 0.258 e. The molecule has 5 nitrogen and oxygen atoms in total. The molecule has 0 atom stereocenters. The van der Waals surface area contributed by atoms with Gasteiger partial charge in [-0.05, 0) is 24.0 Å². The van der Waals surface area contributed by atoms with Gasteiger partial charge in [0.2, 0.25) is 0 Å². The summed E-state index contributed by atoms with van der Waals surface area (Å²) in [6.07, 6.45) is 0. The van der Waals surface area contributed by atoms with E-state index in [0.717, 1.165) is 5.75 Å². The molecule has 1 heterocycles. The van der Waals surface area contributed by atoms with Crippen molar-refractivity contribution >= 4 is 11.8 Å². The van der Waals surface area contributed by atoms with Gasteiger partial charge in [0.25, 0.3) is 5.89 Å². The van der Waals surface area contributed by atoms with Crippen molar-refractivity contribution in [2.75, 3.05) is 5.75 Å². The summed E-state index contributed by atoms with van der Waals surface area (Å²) in [5, 5.41) is 22.4. The summed E-state index contributed by atoms with van der Waals surface area (Å²) < 4.78 is 5.08. The van der Waals surface area contributed by atoms with Crippen LogP contribution in [-0.4, -0.2) is 26.1 Å². The van der Waals surface area contributed by atoms with Gasteiger partial charge in [0.15, 0.2) is 17.3 Å². The number of hydrogen-bond acceptors (Lipinski definition) is 6. The highest BCUT2D eigenvalue weighted by molar-refractivity contribution is 7.98. The maximum Gasteiger partial charge on any atom is 0.258 e. The molecule has 0 amide bonds. The fraction of sp³-hybridized carbons (Fsp3) is 0.273. The van der Waals surface area contributed by atoms with Crippen molar-refractivity contribution in [3.05, 3.63) is 24.0 Å². The first-order chi connectivity index (χ1) is 8.20. The van der Waals surface area contributed by atoms with Gasteiger partial charge in [-0.1, -0.05) is 12.1 Å². The quantitative estimate of drug-likeness (QED) is 0.813. The van der Waals surface area contributed by atoms with E-state index in [1.165, 1.54) is 12.1 Å². The highest BCUT2D eigenvalue weighted by Gasteiger charge is 2.10. The predicted molar refractivity (Wildman–Crippen MR) is 64.9 cm³/mol. The van der Waals surface area contributed by atoms with Gasteiger partial charge in [-0.25, -0.2) is 0 Å². The van der Waals surface area contributed by atoms with Crippen LogP contribution in [0.25, 0.3) is 11.5 Å². The molecule has 0 fully saturated rings. The number of phenols is 2. The molecule has 1 aromatic carbocycles. The summed E-state index contributed by atoms with van der Waals surface area (Å²) in [7, 11) is 0. The van der Waals surface area contributed by atoms with Gasteiger partial charge in [0, 0.05) is 5.56 Å². The zero-order valence-electron chi connectivity index (χ0n) is 9.25. The first kappa shape index (κ1) is 11.8. The number of rotatable bonds is 4. The van der Waals surface area contributed by atoms with Crippen LogP contribution in [0.3, 0.4) is 0 Å². The minimum atomic E-state index is -0.204. The van der Waals surface area contributed by atoms with Crippen LogP contribution >= 0.6 is 11.8 Å². The molecule has 2 N–H and O–H groups in total. The molecule has 0 spiro atoms. The van der Waals surface area contributed by atoms with Crippen molar-refractivity contribution in [3.8, 4) is 23.0 Å². The third kappa shape index (κ3) is 2.71. The number of thioether (sulfide) groups is 1. The highest BCUT2D eigenvalue weighted by Crippen LogP contribution is 2.29. The Hall–Kier alpha value is -1.69. The zero-order chi connectivity index (χ0) is 12.3. The summed E-state index contributed by atoms with van der Waals surface area (Å²) in [5.74, 6) is 2.28. The van der Waals surface area contributed by atoms with Crippen molar-refractivity contribution in [1.82, 2.24) is 10.1 Å². The molecule has 0 unspecified atom stereocenters. The Morgan fingerprint density at radius 3 is 2.82 bits per heavy atom. The monoisotopic (exact) mass is 252 g/mol. The van der Waals surface area contributed by atoms with E-state index >= 15 is 0 Å². The fourth-order valence-electron chi connectivity index (χ4n) is 1.28. The number of aromatic nitrogens is 2. The van der Waals surface area contributed by atoms with Crippen LogP contribution in [0.15, 0.2) is 22.7 Å². The van der Waals surface area contributed by atoms with Crippen LogP contribution in [0, 0.1) is 0 Å². The van der Waals surface area contributed by atoms with Crippen LogP contribution < -0.4 is 0 Å². The average Bonchev–Trinajstić information content (AvgIpc) is 2.79. The molecule has 0 bridgehead atoms. The van der Waals surface area contributed by atoms with Crippen molar-refractivity contribution < 1.29 is 14.7 Å². The Bertz CT molecular complexity index is 513. The Kier molecular flexibility index (Phi) is 3.53. The molecule has 0 aliphatic heterocycles. The highest BCUT2D eigenvalue weighted by atomic mass is 32.2. The molecular weight excluding hydrogens is 240 g/mol. The lowest BCUT2D eigenvalue weighted by molar-refractivity contribution is 0.402. The normalized spacial score (nSPS) is 10.6. The Morgan fingerprint density at radius 2 is 2.12 bits per heavy atom. The summed E-state index contributed by atoms with van der Waals surface area (Å²) in [5.41, 5.74) is 0.584. The minimum absolute atomic E-state index is 0.171. The van der Waals surface area contributed by atoms with Gasteiger partial charge >= 0.3 is 0 Å². The molecule has 6 heteroatoms. The van der Waals surface area contributed by atoms with Crippen molar-refractivity contribution in [2.45, 2.75) is 12.7 Å². The second kappa shape index (κ2) is 5.09. The largest absolute Gasteiger partial charge is 0.504 e. The molecule has 1 aromatic heterocycles. The summed E-state index contributed by atoms with van der Waals surface area (Å²) in [6, 6.07) is 4.38. The molecular formula is C11H12N2O3S. The second-order valence-electron chi connectivity index (χ2n) is 3.36. The molecule has 2 rings (SSSR count). The Balaban J connectivity index is 2.21. The van der Waals surface area contributed by atoms with E-state index in [0.29, 0.717) is 23.0 Å². The van der Waals surface area contributed by atoms with E-state index in [9.17, 15) is 10.2 Å². The zero-order valence-corrected chi connectivity index (χ0v) is 10.1. The lowest BCUT2D eigenvalue weighted by atomic mass is 10.2. The van der Waals surface area contributed by atoms with Crippen LogP contribution in [0.2, 0.25) is 0 Å². The summed E-state index contributed by atoms with van der Waals surface area (Å²) in [4.78, 5) is 4.20. The average molecular weight is 252 g/mol. The van der Waals surface area contributed by atoms with Crippen LogP contribution in [0.5, 0.6) is 11.5 Å². The topological polar surface area (TPSA) is 79.4 Å². The van der Waals surface area contributed by atoms with Crippen molar-refractivity contribution in [2.24, 2.45) is 0 Å². The lowest BCUT2D eigenvalue weighted by Crippen LogP contribution is -1.84. The predicted octanol–water partition coefficient (Wildman–Crippen LogP) is 2.40. The molecule has 0 radical (unpaired) electrons. The fourth-order valence-corrected chi connectivity index (χ4v) is 1.78. The Labute approximate surface area is 102 Å². The molecule has 0 aliphatic carbocycles. The minimum Gasteiger partial charge on any atom is -0.504 e. The number of phenolic OH excluding ortho intramolecular Hbond substituents is 2. The SMILES string of the molecule is CCSCc1noc(-c2ccc(O)c(O)c2)n1. The van der Waals surface area contributed by atoms with E-state index in [-0.39, 0.29) is 11.5 Å². The van der Waals surface area contributed by atoms with Crippen LogP contribution in [0.4, 0.5) is 0 Å². The molecule has 17 heavy (non-hydrogen) atoms. The van der Waals surface area contributed by atoms with Crippen LogP contribution in [0.1, 0.15) is 12.7 Å². The van der Waals surface area contributed by atoms with E-state index in [2.05, 4.69) is 17.1 Å². The van der Waals surface area contributed by atoms with Gasteiger partial charge in [-0.3, -0.25) is 0 Å². The first-order valence-electron chi connectivity index (χ1n) is 5.13. The van der Waals surface area contributed by atoms with Crippen molar-refractivity contribution in [3.63, 3.8) is 0 Å². The maximum absolute atomic E-state index is 9.37. The van der Waals surface area contributed by atoms with E-state index in [1.54, 1.807) is 17.8 Å². The maximum atomic E-state index is 9.37. The van der Waals surface area contributed by atoms with Gasteiger partial charge in [-0.15, -0.1) is 0 Å². The van der Waals surface area contributed by atoms with E-state index < -0.39 is 0 Å². The second-order valence-corrected chi connectivity index (χ2v) is 4.63. The molecule has 0 saturated carbocycles. The molecule has 0 aliphatic rings. The van der Waals surface area contributed by atoms with Gasteiger partial charge in [0.1, 0.15) is 0 Å². The summed E-state index contributed by atoms with van der Waals surface area (Å²) in [6.45, 7) is 2.06. The number of benzene rings is 1. The molecule has 90 valence electrons. The van der Waals surface area contributed by atoms with Gasteiger partial charge < -0.3 is 14.7 Å². The lowest BCUT2D eigenvalue weighted by Gasteiger charge is -1.98. The van der Waals surface area contributed by atoms with Gasteiger partial charge in [-0.2, -0.15) is 16.7 Å². The number of hydrogen-bond donors (Lipinski definition) is 2. The van der Waals surface area contributed by atoms with Gasteiger partial charge in [0.05, 0.1) is 5.75 Å². The number of nitrogens with zero attached hydrogens (tertiary/aromatic N) is 2. The van der Waals surface area contributed by atoms with E-state index in [1.807, 2.05) is 0 Å². The summed E-state index contributed by atoms with van der Waals surface area (Å²) >= 11 is 1.70. The number of aromatic hydroxyl groups is 2. The Morgan fingerprint density at radius 1 is 1.29 bits per heavy atom. The standard InChI is InChI=1S/C11H12N2O3S/c1-2-17-6-10-12-11(16-13-10)7-3-4-8(14)9(15)5-7/h3-5,14-15H,2,6H2,1H3. The third-order valence-corrected chi connectivity index (χ3v) is 3.00. The first-order valence-corrected chi connectivity index (χ1v) is 6.29. The van der Waals surface area contributed by atoms with E-state index in [4.69, 9.17) is 4.52 Å².